The van der Waals surface area contributed by atoms with Crippen molar-refractivity contribution < 1.29 is 9.18 Å². The maximum absolute atomic E-state index is 13.1. The topological polar surface area (TPSA) is 64.9 Å². The Bertz CT molecular complexity index is 814. The average Bonchev–Trinajstić information content (AvgIpc) is 2.58. The fourth-order valence-electron chi connectivity index (χ4n) is 1.77. The van der Waals surface area contributed by atoms with E-state index in [0.29, 0.717) is 10.7 Å². The molecule has 7 heteroatoms. The first-order valence-electron chi connectivity index (χ1n) is 6.84. The summed E-state index contributed by atoms with van der Waals surface area (Å²) >= 11 is 11.5. The van der Waals surface area contributed by atoms with E-state index in [0.717, 1.165) is 5.56 Å². The quantitative estimate of drug-likeness (QED) is 0.615. The summed E-state index contributed by atoms with van der Waals surface area (Å²) in [5, 5.41) is 15.0. The number of carbonyl (C=O) groups is 1. The Labute approximate surface area is 148 Å². The highest BCUT2D eigenvalue weighted by Gasteiger charge is 2.09. The molecular formula is C17H12Cl2FN3O. The third-order valence-corrected chi connectivity index (χ3v) is 3.58. The van der Waals surface area contributed by atoms with Gasteiger partial charge in [0.15, 0.2) is 0 Å². The largest absolute Gasteiger partial charge is 0.360 e. The van der Waals surface area contributed by atoms with Crippen LogP contribution in [0.25, 0.3) is 0 Å². The highest BCUT2D eigenvalue weighted by atomic mass is 35.5. The number of nitrogens with one attached hydrogen (secondary N) is 2. The number of amides is 1. The molecule has 0 atom stereocenters. The highest BCUT2D eigenvalue weighted by molar-refractivity contribution is 6.31. The standard InChI is InChI=1S/C17H12Cl2FN3O/c18-13-3-1-11(2-4-13)9-23-17(24)12(8-21)10-22-14-5-6-16(20)15(19)7-14/h1-7,10,22H,9H2,(H,23,24)/b12-10-. The fraction of sp³-hybridized carbons (Fsp3) is 0.0588. The SMILES string of the molecule is N#C/C(=C/Nc1ccc(F)c(Cl)c1)C(=O)NCc1ccc(Cl)cc1. The van der Waals surface area contributed by atoms with Crippen molar-refractivity contribution in [3.63, 3.8) is 0 Å². The van der Waals surface area contributed by atoms with Crippen LogP contribution in [0.3, 0.4) is 0 Å². The van der Waals surface area contributed by atoms with Crippen LogP contribution in [-0.2, 0) is 11.3 Å². The van der Waals surface area contributed by atoms with Crippen molar-refractivity contribution in [3.05, 3.63) is 75.7 Å². The maximum Gasteiger partial charge on any atom is 0.263 e. The van der Waals surface area contributed by atoms with Crippen LogP contribution in [0.2, 0.25) is 10.0 Å². The monoisotopic (exact) mass is 363 g/mol. The predicted octanol–water partition coefficient (Wildman–Crippen LogP) is 4.27. The summed E-state index contributed by atoms with van der Waals surface area (Å²) in [5.41, 5.74) is 1.19. The summed E-state index contributed by atoms with van der Waals surface area (Å²) in [6.07, 6.45) is 1.24. The number of anilines is 1. The predicted molar refractivity (Wildman–Crippen MR) is 92.0 cm³/mol. The maximum atomic E-state index is 13.1. The Hall–Kier alpha value is -2.55. The van der Waals surface area contributed by atoms with Crippen molar-refractivity contribution in [2.45, 2.75) is 6.54 Å². The average molecular weight is 364 g/mol. The minimum Gasteiger partial charge on any atom is -0.360 e. The molecule has 1 amide bonds. The molecule has 2 aromatic carbocycles. The van der Waals surface area contributed by atoms with Crippen molar-refractivity contribution in [3.8, 4) is 6.07 Å². The molecule has 0 saturated carbocycles. The Balaban J connectivity index is 1.98. The van der Waals surface area contributed by atoms with Crippen molar-refractivity contribution in [1.29, 1.82) is 5.26 Å². The first-order chi connectivity index (χ1) is 11.5. The zero-order valence-electron chi connectivity index (χ0n) is 12.3. The van der Waals surface area contributed by atoms with Gasteiger partial charge in [0.2, 0.25) is 0 Å². The van der Waals surface area contributed by atoms with Crippen LogP contribution in [0.15, 0.2) is 54.2 Å². The molecule has 0 aliphatic carbocycles. The first-order valence-corrected chi connectivity index (χ1v) is 7.59. The zero-order chi connectivity index (χ0) is 17.5. The molecule has 4 nitrogen and oxygen atoms in total. The van der Waals surface area contributed by atoms with Crippen LogP contribution in [0.5, 0.6) is 0 Å². The van der Waals surface area contributed by atoms with Gasteiger partial charge in [-0.15, -0.1) is 0 Å². The van der Waals surface area contributed by atoms with Crippen molar-refractivity contribution in [2.24, 2.45) is 0 Å². The lowest BCUT2D eigenvalue weighted by Gasteiger charge is -2.06. The Kier molecular flexibility index (Phi) is 6.19. The highest BCUT2D eigenvalue weighted by Crippen LogP contribution is 2.19. The third-order valence-electron chi connectivity index (χ3n) is 3.03. The van der Waals surface area contributed by atoms with Gasteiger partial charge in [-0.05, 0) is 35.9 Å². The molecular weight excluding hydrogens is 352 g/mol. The Morgan fingerprint density at radius 2 is 1.92 bits per heavy atom. The summed E-state index contributed by atoms with van der Waals surface area (Å²) in [6, 6.07) is 12.8. The lowest BCUT2D eigenvalue weighted by molar-refractivity contribution is -0.117. The summed E-state index contributed by atoms with van der Waals surface area (Å²) in [7, 11) is 0. The summed E-state index contributed by atoms with van der Waals surface area (Å²) in [5.74, 6) is -1.08. The van der Waals surface area contributed by atoms with Crippen LogP contribution in [0.1, 0.15) is 5.56 Å². The van der Waals surface area contributed by atoms with Gasteiger partial charge in [-0.2, -0.15) is 5.26 Å². The molecule has 0 aliphatic rings. The Morgan fingerprint density at radius 1 is 1.21 bits per heavy atom. The van der Waals surface area contributed by atoms with E-state index in [1.165, 1.54) is 24.4 Å². The van der Waals surface area contributed by atoms with Crippen LogP contribution in [0, 0.1) is 17.1 Å². The number of benzene rings is 2. The smallest absolute Gasteiger partial charge is 0.263 e. The molecule has 0 bridgehead atoms. The van der Waals surface area contributed by atoms with Gasteiger partial charge in [0, 0.05) is 23.5 Å². The summed E-state index contributed by atoms with van der Waals surface area (Å²) < 4.78 is 13.1. The molecule has 0 saturated heterocycles. The number of hydrogen-bond acceptors (Lipinski definition) is 3. The van der Waals surface area contributed by atoms with E-state index in [4.69, 9.17) is 28.5 Å². The van der Waals surface area contributed by atoms with Gasteiger partial charge in [-0.3, -0.25) is 4.79 Å². The van der Waals surface area contributed by atoms with E-state index in [9.17, 15) is 9.18 Å². The zero-order valence-corrected chi connectivity index (χ0v) is 13.8. The molecule has 0 unspecified atom stereocenters. The van der Waals surface area contributed by atoms with Crippen molar-refractivity contribution in [1.82, 2.24) is 5.32 Å². The van der Waals surface area contributed by atoms with Gasteiger partial charge in [-0.25, -0.2) is 4.39 Å². The lowest BCUT2D eigenvalue weighted by atomic mass is 10.2. The number of hydrogen-bond donors (Lipinski definition) is 2. The van der Waals surface area contributed by atoms with Crippen molar-refractivity contribution >= 4 is 34.8 Å². The molecule has 0 spiro atoms. The third kappa shape index (κ3) is 4.98. The van der Waals surface area contributed by atoms with Crippen LogP contribution >= 0.6 is 23.2 Å². The van der Waals surface area contributed by atoms with Crippen LogP contribution < -0.4 is 10.6 Å². The van der Waals surface area contributed by atoms with Crippen LogP contribution in [-0.4, -0.2) is 5.91 Å². The second-order valence-electron chi connectivity index (χ2n) is 4.75. The summed E-state index contributed by atoms with van der Waals surface area (Å²) in [4.78, 5) is 12.0. The minimum absolute atomic E-state index is 0.0564. The normalized spacial score (nSPS) is 10.8. The molecule has 2 N–H and O–H groups in total. The fourth-order valence-corrected chi connectivity index (χ4v) is 2.08. The number of nitrogens with zero attached hydrogens (tertiary/aromatic N) is 1. The molecule has 0 heterocycles. The molecule has 24 heavy (non-hydrogen) atoms. The first kappa shape index (κ1) is 17.8. The number of nitriles is 1. The van der Waals surface area contributed by atoms with E-state index in [1.807, 2.05) is 0 Å². The lowest BCUT2D eigenvalue weighted by Crippen LogP contribution is -2.24. The van der Waals surface area contributed by atoms with E-state index >= 15 is 0 Å². The van der Waals surface area contributed by atoms with Crippen molar-refractivity contribution in [2.75, 3.05) is 5.32 Å². The second-order valence-corrected chi connectivity index (χ2v) is 5.60. The van der Waals surface area contributed by atoms with Gasteiger partial charge >= 0.3 is 0 Å². The second kappa shape index (κ2) is 8.34. The van der Waals surface area contributed by atoms with E-state index < -0.39 is 11.7 Å². The molecule has 2 rings (SSSR count). The van der Waals surface area contributed by atoms with Gasteiger partial charge in [0.25, 0.3) is 5.91 Å². The molecule has 0 aliphatic heterocycles. The summed E-state index contributed by atoms with van der Waals surface area (Å²) in [6.45, 7) is 0.261. The van der Waals surface area contributed by atoms with E-state index in [1.54, 1.807) is 30.3 Å². The minimum atomic E-state index is -0.549. The number of halogens is 3. The molecule has 122 valence electrons. The van der Waals surface area contributed by atoms with Gasteiger partial charge in [0.1, 0.15) is 17.5 Å². The molecule has 0 aromatic heterocycles. The Morgan fingerprint density at radius 3 is 2.54 bits per heavy atom. The molecule has 0 fully saturated rings. The van der Waals surface area contributed by atoms with Crippen LogP contribution in [0.4, 0.5) is 10.1 Å². The molecule has 0 radical (unpaired) electrons. The van der Waals surface area contributed by atoms with Gasteiger partial charge in [0.05, 0.1) is 5.02 Å². The number of rotatable bonds is 5. The van der Waals surface area contributed by atoms with Gasteiger partial charge < -0.3 is 10.6 Å². The number of carbonyl (C=O) groups excluding carboxylic acids is 1. The van der Waals surface area contributed by atoms with E-state index in [-0.39, 0.29) is 17.1 Å². The van der Waals surface area contributed by atoms with E-state index in [2.05, 4.69) is 10.6 Å². The van der Waals surface area contributed by atoms with Gasteiger partial charge in [-0.1, -0.05) is 35.3 Å². The molecule has 2 aromatic rings.